The summed E-state index contributed by atoms with van der Waals surface area (Å²) in [5.74, 6) is 0.0108. The quantitative estimate of drug-likeness (QED) is 0.760. The van der Waals surface area contributed by atoms with Crippen molar-refractivity contribution in [3.05, 3.63) is 46.1 Å². The Labute approximate surface area is 102 Å². The van der Waals surface area contributed by atoms with E-state index in [0.717, 1.165) is 9.35 Å². The maximum atomic E-state index is 12.0. The molecule has 80 valence electrons. The molecule has 2 nitrogen and oxygen atoms in total. The van der Waals surface area contributed by atoms with Crippen LogP contribution in [0.15, 0.2) is 41.2 Å². The molecule has 0 aliphatic heterocycles. The van der Waals surface area contributed by atoms with Crippen LogP contribution in [0.4, 0.5) is 0 Å². The van der Waals surface area contributed by atoms with Gasteiger partial charge in [-0.25, -0.2) is 0 Å². The largest absolute Gasteiger partial charge is 0.330 e. The molecule has 0 aliphatic carbocycles. The van der Waals surface area contributed by atoms with Gasteiger partial charge in [-0.15, -0.1) is 24.5 Å². The maximum absolute atomic E-state index is 12.0. The highest BCUT2D eigenvalue weighted by Gasteiger charge is 2.17. The number of amides is 1. The van der Waals surface area contributed by atoms with Gasteiger partial charge >= 0.3 is 0 Å². The second-order valence-corrected chi connectivity index (χ2v) is 4.66. The minimum Gasteiger partial charge on any atom is -0.330 e. The molecule has 0 fully saturated rings. The molecule has 0 atom stereocenters. The standard InChI is InChI=1S/C11H12BrNOS/c1-3-6-13(7-4-2)11(14)10-9(12)5-8-15-10/h3-5,8H,1-2,6-7H2. The molecule has 0 aromatic carbocycles. The zero-order valence-corrected chi connectivity index (χ0v) is 10.7. The minimum atomic E-state index is 0.0108. The zero-order chi connectivity index (χ0) is 11.3. The van der Waals surface area contributed by atoms with Crippen molar-refractivity contribution in [3.63, 3.8) is 0 Å². The van der Waals surface area contributed by atoms with Crippen LogP contribution < -0.4 is 0 Å². The third kappa shape index (κ3) is 3.04. The molecule has 0 aliphatic rings. The van der Waals surface area contributed by atoms with E-state index in [2.05, 4.69) is 29.1 Å². The van der Waals surface area contributed by atoms with Gasteiger partial charge in [-0.1, -0.05) is 12.2 Å². The molecule has 1 aromatic rings. The van der Waals surface area contributed by atoms with E-state index in [-0.39, 0.29) is 5.91 Å². The molecule has 0 unspecified atom stereocenters. The van der Waals surface area contributed by atoms with Crippen LogP contribution in [-0.4, -0.2) is 23.9 Å². The number of carbonyl (C=O) groups is 1. The van der Waals surface area contributed by atoms with Gasteiger partial charge in [-0.2, -0.15) is 0 Å². The van der Waals surface area contributed by atoms with Crippen molar-refractivity contribution in [1.29, 1.82) is 0 Å². The van der Waals surface area contributed by atoms with E-state index in [4.69, 9.17) is 0 Å². The fourth-order valence-corrected chi connectivity index (χ4v) is 2.65. The summed E-state index contributed by atoms with van der Waals surface area (Å²) in [5, 5.41) is 1.89. The molecule has 0 bridgehead atoms. The fraction of sp³-hybridized carbons (Fsp3) is 0.182. The lowest BCUT2D eigenvalue weighted by atomic mass is 10.3. The summed E-state index contributed by atoms with van der Waals surface area (Å²) in [5.41, 5.74) is 0. The Hall–Kier alpha value is -0.870. The monoisotopic (exact) mass is 285 g/mol. The second kappa shape index (κ2) is 5.88. The van der Waals surface area contributed by atoms with Crippen molar-refractivity contribution >= 4 is 33.2 Å². The molecule has 0 N–H and O–H groups in total. The van der Waals surface area contributed by atoms with Crippen LogP contribution >= 0.6 is 27.3 Å². The van der Waals surface area contributed by atoms with E-state index in [1.807, 2.05) is 11.4 Å². The number of nitrogens with zero attached hydrogens (tertiary/aromatic N) is 1. The van der Waals surface area contributed by atoms with Crippen molar-refractivity contribution in [2.75, 3.05) is 13.1 Å². The minimum absolute atomic E-state index is 0.0108. The molecule has 1 amide bonds. The zero-order valence-electron chi connectivity index (χ0n) is 8.28. The lowest BCUT2D eigenvalue weighted by Gasteiger charge is -2.18. The molecule has 0 spiro atoms. The summed E-state index contributed by atoms with van der Waals surface area (Å²) in [6, 6.07) is 1.87. The van der Waals surface area contributed by atoms with Crippen LogP contribution in [0.5, 0.6) is 0 Å². The van der Waals surface area contributed by atoms with E-state index in [0.29, 0.717) is 13.1 Å². The Morgan fingerprint density at radius 1 is 1.47 bits per heavy atom. The highest BCUT2D eigenvalue weighted by molar-refractivity contribution is 9.10. The van der Waals surface area contributed by atoms with Gasteiger partial charge in [0.15, 0.2) is 0 Å². The van der Waals surface area contributed by atoms with E-state index < -0.39 is 0 Å². The van der Waals surface area contributed by atoms with Gasteiger partial charge in [0.05, 0.1) is 0 Å². The molecule has 15 heavy (non-hydrogen) atoms. The number of halogens is 1. The summed E-state index contributed by atoms with van der Waals surface area (Å²) in [7, 11) is 0. The first kappa shape index (κ1) is 12.2. The summed E-state index contributed by atoms with van der Waals surface area (Å²) in [6.07, 6.45) is 3.42. The Balaban J connectivity index is 2.84. The average Bonchev–Trinajstić information content (AvgIpc) is 2.63. The van der Waals surface area contributed by atoms with Crippen LogP contribution in [0.2, 0.25) is 0 Å². The SMILES string of the molecule is C=CCN(CC=C)C(=O)c1sccc1Br. The van der Waals surface area contributed by atoms with Gasteiger partial charge in [0.2, 0.25) is 0 Å². The van der Waals surface area contributed by atoms with Crippen molar-refractivity contribution in [1.82, 2.24) is 4.90 Å². The molecular weight excluding hydrogens is 274 g/mol. The van der Waals surface area contributed by atoms with E-state index in [1.54, 1.807) is 17.1 Å². The third-order valence-corrected chi connectivity index (χ3v) is 3.62. The van der Waals surface area contributed by atoms with Crippen LogP contribution in [0.3, 0.4) is 0 Å². The third-order valence-electron chi connectivity index (χ3n) is 1.80. The number of hydrogen-bond donors (Lipinski definition) is 0. The number of carbonyl (C=O) groups excluding carboxylic acids is 1. The van der Waals surface area contributed by atoms with Crippen molar-refractivity contribution in [2.45, 2.75) is 0 Å². The fourth-order valence-electron chi connectivity index (χ4n) is 1.14. The maximum Gasteiger partial charge on any atom is 0.265 e. The topological polar surface area (TPSA) is 20.3 Å². The summed E-state index contributed by atoms with van der Waals surface area (Å²) in [6.45, 7) is 8.34. The molecule has 0 radical (unpaired) electrons. The summed E-state index contributed by atoms with van der Waals surface area (Å²) in [4.78, 5) is 14.4. The van der Waals surface area contributed by atoms with Crippen LogP contribution in [-0.2, 0) is 0 Å². The first-order chi connectivity index (χ1) is 7.20. The second-order valence-electron chi connectivity index (χ2n) is 2.89. The molecule has 4 heteroatoms. The van der Waals surface area contributed by atoms with Gasteiger partial charge in [0, 0.05) is 17.6 Å². The van der Waals surface area contributed by atoms with Crippen molar-refractivity contribution in [2.24, 2.45) is 0 Å². The highest BCUT2D eigenvalue weighted by Crippen LogP contribution is 2.24. The lowest BCUT2D eigenvalue weighted by Crippen LogP contribution is -2.30. The Morgan fingerprint density at radius 3 is 2.47 bits per heavy atom. The van der Waals surface area contributed by atoms with Crippen LogP contribution in [0, 0.1) is 0 Å². The van der Waals surface area contributed by atoms with Gasteiger partial charge in [0.1, 0.15) is 4.88 Å². The summed E-state index contributed by atoms with van der Waals surface area (Å²) >= 11 is 4.78. The molecule has 1 rings (SSSR count). The van der Waals surface area contributed by atoms with Crippen LogP contribution in [0.1, 0.15) is 9.67 Å². The smallest absolute Gasteiger partial charge is 0.265 e. The molecule has 1 heterocycles. The number of thiophene rings is 1. The average molecular weight is 286 g/mol. The first-order valence-electron chi connectivity index (χ1n) is 4.44. The van der Waals surface area contributed by atoms with E-state index in [1.165, 1.54) is 11.3 Å². The predicted molar refractivity (Wildman–Crippen MR) is 68.3 cm³/mol. The van der Waals surface area contributed by atoms with Crippen LogP contribution in [0.25, 0.3) is 0 Å². The van der Waals surface area contributed by atoms with Gasteiger partial charge in [-0.05, 0) is 27.4 Å². The van der Waals surface area contributed by atoms with Gasteiger partial charge < -0.3 is 4.90 Å². The Morgan fingerprint density at radius 2 is 2.07 bits per heavy atom. The molecule has 0 saturated carbocycles. The van der Waals surface area contributed by atoms with Crippen molar-refractivity contribution < 1.29 is 4.79 Å². The first-order valence-corrected chi connectivity index (χ1v) is 6.12. The normalized spacial score (nSPS) is 9.67. The predicted octanol–water partition coefficient (Wildman–Crippen LogP) is 3.32. The van der Waals surface area contributed by atoms with E-state index >= 15 is 0 Å². The molecular formula is C11H12BrNOS. The highest BCUT2D eigenvalue weighted by atomic mass is 79.9. The Bertz CT molecular complexity index is 362. The number of rotatable bonds is 5. The Kier molecular flexibility index (Phi) is 4.78. The lowest BCUT2D eigenvalue weighted by molar-refractivity contribution is 0.0795. The molecule has 1 aromatic heterocycles. The summed E-state index contributed by atoms with van der Waals surface area (Å²) < 4.78 is 0.843. The van der Waals surface area contributed by atoms with Crippen molar-refractivity contribution in [3.8, 4) is 0 Å². The number of hydrogen-bond acceptors (Lipinski definition) is 2. The van der Waals surface area contributed by atoms with Gasteiger partial charge in [0.25, 0.3) is 5.91 Å². The van der Waals surface area contributed by atoms with E-state index in [9.17, 15) is 4.79 Å². The molecule has 0 saturated heterocycles. The van der Waals surface area contributed by atoms with Gasteiger partial charge in [-0.3, -0.25) is 4.79 Å².